The van der Waals surface area contributed by atoms with Gasteiger partial charge in [-0.15, -0.1) is 0 Å². The molecule has 39 heavy (non-hydrogen) atoms. The molecular formula is C28H30F6N2O3. The Kier molecular flexibility index (Phi) is 11.5. The molecular weight excluding hydrogens is 526 g/mol. The maximum atomic E-state index is 13.3. The molecule has 0 heterocycles. The molecule has 1 atom stereocenters. The molecule has 11 heteroatoms. The number of halogens is 6. The monoisotopic (exact) mass is 556 g/mol. The van der Waals surface area contributed by atoms with E-state index in [2.05, 4.69) is 10.6 Å². The molecule has 4 N–H and O–H groups in total. The summed E-state index contributed by atoms with van der Waals surface area (Å²) >= 11 is 0. The van der Waals surface area contributed by atoms with Crippen LogP contribution in [0, 0.1) is 0 Å². The molecule has 0 saturated heterocycles. The molecule has 0 aliphatic heterocycles. The minimum atomic E-state index is -4.94. The number of hydrogen-bond donors (Lipinski definition) is 2. The van der Waals surface area contributed by atoms with E-state index < -0.39 is 36.1 Å². The van der Waals surface area contributed by atoms with E-state index in [4.69, 9.17) is 4.74 Å². The van der Waals surface area contributed by atoms with Crippen LogP contribution >= 0.6 is 0 Å². The van der Waals surface area contributed by atoms with Crippen molar-refractivity contribution in [2.75, 3.05) is 20.2 Å². The van der Waals surface area contributed by atoms with E-state index in [-0.39, 0.29) is 48.5 Å². The van der Waals surface area contributed by atoms with Crippen molar-refractivity contribution in [1.82, 2.24) is 10.6 Å². The van der Waals surface area contributed by atoms with Crippen LogP contribution in [0.15, 0.2) is 78.9 Å². The maximum Gasteiger partial charge on any atom is 0.416 e. The predicted octanol–water partition coefficient (Wildman–Crippen LogP) is 5.34. The first-order valence-corrected chi connectivity index (χ1v) is 11.9. The topological polar surface area (TPSA) is 81.9 Å². The SMILES string of the molecule is CNC(=O)CCNC(COCc1cc(C(F)(F)F)cc(C(F)(F)F)c1)C(c1ccccc1)c1ccccc1.O. The molecule has 5 nitrogen and oxygen atoms in total. The highest BCUT2D eigenvalue weighted by Crippen LogP contribution is 2.36. The summed E-state index contributed by atoms with van der Waals surface area (Å²) in [6, 6.07) is 19.9. The van der Waals surface area contributed by atoms with Gasteiger partial charge in [-0.25, -0.2) is 0 Å². The summed E-state index contributed by atoms with van der Waals surface area (Å²) < 4.78 is 85.2. The average molecular weight is 557 g/mol. The zero-order chi connectivity index (χ0) is 27.8. The molecule has 0 bridgehead atoms. The first kappa shape index (κ1) is 31.8. The minimum absolute atomic E-state index is 0. The Morgan fingerprint density at radius 2 is 1.31 bits per heavy atom. The molecule has 3 rings (SSSR count). The van der Waals surface area contributed by atoms with Crippen LogP contribution in [0.2, 0.25) is 0 Å². The van der Waals surface area contributed by atoms with Gasteiger partial charge in [0.15, 0.2) is 0 Å². The van der Waals surface area contributed by atoms with E-state index in [0.29, 0.717) is 12.1 Å². The average Bonchev–Trinajstić information content (AvgIpc) is 2.88. The van der Waals surface area contributed by atoms with E-state index in [0.717, 1.165) is 11.1 Å². The van der Waals surface area contributed by atoms with Gasteiger partial charge in [-0.3, -0.25) is 4.79 Å². The summed E-state index contributed by atoms with van der Waals surface area (Å²) in [5.41, 5.74) is -1.17. The summed E-state index contributed by atoms with van der Waals surface area (Å²) in [6.07, 6.45) is -9.71. The van der Waals surface area contributed by atoms with Crippen molar-refractivity contribution < 1.29 is 41.4 Å². The molecule has 0 aliphatic carbocycles. The van der Waals surface area contributed by atoms with Crippen molar-refractivity contribution in [2.45, 2.75) is 37.3 Å². The summed E-state index contributed by atoms with van der Waals surface area (Å²) in [6.45, 7) is -0.220. The molecule has 0 fully saturated rings. The predicted molar refractivity (Wildman–Crippen MR) is 135 cm³/mol. The lowest BCUT2D eigenvalue weighted by atomic mass is 9.85. The van der Waals surface area contributed by atoms with Crippen LogP contribution < -0.4 is 10.6 Å². The van der Waals surface area contributed by atoms with Crippen LogP contribution in [-0.4, -0.2) is 37.6 Å². The van der Waals surface area contributed by atoms with Crippen LogP contribution in [-0.2, 0) is 28.5 Å². The number of rotatable bonds is 11. The van der Waals surface area contributed by atoms with Crippen molar-refractivity contribution in [3.63, 3.8) is 0 Å². The highest BCUT2D eigenvalue weighted by Gasteiger charge is 2.37. The molecule has 0 aromatic heterocycles. The van der Waals surface area contributed by atoms with Crippen molar-refractivity contribution in [1.29, 1.82) is 0 Å². The lowest BCUT2D eigenvalue weighted by molar-refractivity contribution is -0.143. The Hall–Kier alpha value is -3.41. The summed E-state index contributed by atoms with van der Waals surface area (Å²) in [5.74, 6) is -0.453. The van der Waals surface area contributed by atoms with Gasteiger partial charge < -0.3 is 20.8 Å². The van der Waals surface area contributed by atoms with Gasteiger partial charge in [-0.05, 0) is 34.9 Å². The number of alkyl halides is 6. The molecule has 1 unspecified atom stereocenters. The Morgan fingerprint density at radius 3 is 1.74 bits per heavy atom. The second-order valence-corrected chi connectivity index (χ2v) is 8.71. The molecule has 212 valence electrons. The number of hydrogen-bond acceptors (Lipinski definition) is 3. The zero-order valence-electron chi connectivity index (χ0n) is 21.1. The van der Waals surface area contributed by atoms with Gasteiger partial charge in [0.2, 0.25) is 5.91 Å². The Labute approximate surface area is 222 Å². The molecule has 0 aliphatic rings. The summed E-state index contributed by atoms with van der Waals surface area (Å²) in [7, 11) is 1.52. The number of carbonyl (C=O) groups excluding carboxylic acids is 1. The van der Waals surface area contributed by atoms with Crippen LogP contribution in [0.1, 0.15) is 40.2 Å². The van der Waals surface area contributed by atoms with Crippen molar-refractivity contribution in [3.05, 3.63) is 107 Å². The van der Waals surface area contributed by atoms with Gasteiger partial charge in [0.25, 0.3) is 0 Å². The molecule has 3 aromatic rings. The first-order chi connectivity index (χ1) is 18.0. The quantitative estimate of drug-likeness (QED) is 0.313. The Bertz CT molecular complexity index is 1100. The highest BCUT2D eigenvalue weighted by molar-refractivity contribution is 5.75. The number of benzene rings is 3. The molecule has 0 saturated carbocycles. The van der Waals surface area contributed by atoms with Gasteiger partial charge >= 0.3 is 12.4 Å². The number of ether oxygens (including phenoxy) is 1. The largest absolute Gasteiger partial charge is 0.416 e. The normalized spacial score (nSPS) is 12.6. The van der Waals surface area contributed by atoms with Gasteiger partial charge in [-0.2, -0.15) is 26.3 Å². The van der Waals surface area contributed by atoms with E-state index in [1.165, 1.54) is 7.05 Å². The third kappa shape index (κ3) is 9.38. The third-order valence-electron chi connectivity index (χ3n) is 5.97. The van der Waals surface area contributed by atoms with Crippen LogP contribution in [0.3, 0.4) is 0 Å². The van der Waals surface area contributed by atoms with Gasteiger partial charge in [0.1, 0.15) is 0 Å². The minimum Gasteiger partial charge on any atom is -0.412 e. The number of carbonyl (C=O) groups is 1. The Morgan fingerprint density at radius 1 is 0.821 bits per heavy atom. The van der Waals surface area contributed by atoms with E-state index in [1.54, 1.807) is 0 Å². The van der Waals surface area contributed by atoms with Crippen LogP contribution in [0.4, 0.5) is 26.3 Å². The van der Waals surface area contributed by atoms with Crippen molar-refractivity contribution in [2.24, 2.45) is 0 Å². The van der Waals surface area contributed by atoms with E-state index in [1.807, 2.05) is 60.7 Å². The standard InChI is InChI=1S/C28H28F6N2O2.H2O/c1-35-25(37)12-13-36-24(26(20-8-4-2-5-9-20)21-10-6-3-7-11-21)18-38-17-19-14-22(27(29,30)31)16-23(15-19)28(32,33)34;/h2-11,14-16,24,26,36H,12-13,17-18H2,1H3,(H,35,37);1H2. The van der Waals surface area contributed by atoms with E-state index in [9.17, 15) is 31.1 Å². The van der Waals surface area contributed by atoms with Crippen LogP contribution in [0.5, 0.6) is 0 Å². The summed E-state index contributed by atoms with van der Waals surface area (Å²) in [5, 5.41) is 5.83. The van der Waals surface area contributed by atoms with Gasteiger partial charge in [0.05, 0.1) is 24.3 Å². The second kappa shape index (κ2) is 14.1. The maximum absolute atomic E-state index is 13.3. The van der Waals surface area contributed by atoms with E-state index >= 15 is 0 Å². The summed E-state index contributed by atoms with van der Waals surface area (Å²) in [4.78, 5) is 11.8. The molecule has 1 amide bonds. The number of nitrogens with one attached hydrogen (secondary N) is 2. The molecule has 0 radical (unpaired) electrons. The fourth-order valence-corrected chi connectivity index (χ4v) is 4.15. The zero-order valence-corrected chi connectivity index (χ0v) is 21.1. The fraction of sp³-hybridized carbons (Fsp3) is 0.321. The number of amides is 1. The second-order valence-electron chi connectivity index (χ2n) is 8.71. The lowest BCUT2D eigenvalue weighted by Crippen LogP contribution is -2.41. The van der Waals surface area contributed by atoms with Crippen LogP contribution in [0.25, 0.3) is 0 Å². The fourth-order valence-electron chi connectivity index (χ4n) is 4.15. The first-order valence-electron chi connectivity index (χ1n) is 11.9. The van der Waals surface area contributed by atoms with Crippen molar-refractivity contribution in [3.8, 4) is 0 Å². The Balaban J connectivity index is 0.00000533. The smallest absolute Gasteiger partial charge is 0.412 e. The lowest BCUT2D eigenvalue weighted by Gasteiger charge is -2.29. The third-order valence-corrected chi connectivity index (χ3v) is 5.97. The van der Waals surface area contributed by atoms with Gasteiger partial charge in [-0.1, -0.05) is 60.7 Å². The molecule has 3 aromatic carbocycles. The van der Waals surface area contributed by atoms with Crippen molar-refractivity contribution >= 4 is 5.91 Å². The van der Waals surface area contributed by atoms with Gasteiger partial charge in [0, 0.05) is 32.0 Å². The molecule has 0 spiro atoms. The highest BCUT2D eigenvalue weighted by atomic mass is 19.4.